The molecule has 1 N–H and O–H groups in total. The third kappa shape index (κ3) is 2.76. The topological polar surface area (TPSA) is 20.2 Å². The van der Waals surface area contributed by atoms with Crippen LogP contribution in [0.25, 0.3) is 22.3 Å². The largest absolute Gasteiger partial charge is 0.508 e. The SMILES string of the molecule is Oc1cc(-c2ccccc2)c(F)c(-c2ccc(Cl)cc2)c1. The predicted molar refractivity (Wildman–Crippen MR) is 83.9 cm³/mol. The van der Waals surface area contributed by atoms with E-state index in [9.17, 15) is 9.50 Å². The van der Waals surface area contributed by atoms with Crippen LogP contribution in [0.4, 0.5) is 4.39 Å². The molecule has 3 heteroatoms. The van der Waals surface area contributed by atoms with Crippen LogP contribution in [0.5, 0.6) is 5.75 Å². The fourth-order valence-corrected chi connectivity index (χ4v) is 2.40. The van der Waals surface area contributed by atoms with E-state index in [-0.39, 0.29) is 11.6 Å². The smallest absolute Gasteiger partial charge is 0.139 e. The summed E-state index contributed by atoms with van der Waals surface area (Å²) in [7, 11) is 0. The average Bonchev–Trinajstić information content (AvgIpc) is 2.51. The first-order valence-electron chi connectivity index (χ1n) is 6.49. The zero-order valence-corrected chi connectivity index (χ0v) is 11.8. The van der Waals surface area contributed by atoms with Gasteiger partial charge in [0.05, 0.1) is 0 Å². The Labute approximate surface area is 127 Å². The van der Waals surface area contributed by atoms with Gasteiger partial charge in [0.1, 0.15) is 11.6 Å². The molecule has 21 heavy (non-hydrogen) atoms. The molecular weight excluding hydrogens is 287 g/mol. The Hall–Kier alpha value is -2.32. The molecule has 0 saturated carbocycles. The summed E-state index contributed by atoms with van der Waals surface area (Å²) >= 11 is 5.85. The molecule has 0 spiro atoms. The van der Waals surface area contributed by atoms with Gasteiger partial charge in [-0.25, -0.2) is 4.39 Å². The minimum absolute atomic E-state index is 0.0280. The number of aromatic hydroxyl groups is 1. The second-order valence-corrected chi connectivity index (χ2v) is 5.16. The molecule has 3 aromatic carbocycles. The van der Waals surface area contributed by atoms with Crippen molar-refractivity contribution < 1.29 is 9.50 Å². The minimum atomic E-state index is -0.360. The molecule has 0 bridgehead atoms. The lowest BCUT2D eigenvalue weighted by atomic mass is 9.97. The molecule has 0 fully saturated rings. The molecule has 0 unspecified atom stereocenters. The van der Waals surface area contributed by atoms with Gasteiger partial charge in [0.25, 0.3) is 0 Å². The first kappa shape index (κ1) is 13.7. The summed E-state index contributed by atoms with van der Waals surface area (Å²) in [5, 5.41) is 10.5. The first-order chi connectivity index (χ1) is 10.1. The Morgan fingerprint density at radius 3 is 1.86 bits per heavy atom. The molecule has 0 heterocycles. The average molecular weight is 299 g/mol. The number of phenolic OH excluding ortho intramolecular Hbond substituents is 1. The summed E-state index contributed by atoms with van der Waals surface area (Å²) in [4.78, 5) is 0. The minimum Gasteiger partial charge on any atom is -0.508 e. The van der Waals surface area contributed by atoms with Gasteiger partial charge in [0.2, 0.25) is 0 Å². The Morgan fingerprint density at radius 2 is 1.29 bits per heavy atom. The van der Waals surface area contributed by atoms with Crippen molar-refractivity contribution in [1.29, 1.82) is 0 Å². The fourth-order valence-electron chi connectivity index (χ4n) is 2.28. The third-order valence-corrected chi connectivity index (χ3v) is 3.55. The molecular formula is C18H12ClFO. The number of hydrogen-bond donors (Lipinski definition) is 1. The van der Waals surface area contributed by atoms with Crippen molar-refractivity contribution in [2.24, 2.45) is 0 Å². The second kappa shape index (κ2) is 5.58. The molecule has 0 aromatic heterocycles. The van der Waals surface area contributed by atoms with Gasteiger partial charge in [-0.3, -0.25) is 0 Å². The normalized spacial score (nSPS) is 10.6. The highest BCUT2D eigenvalue weighted by Gasteiger charge is 2.13. The van der Waals surface area contributed by atoms with E-state index in [0.29, 0.717) is 21.7 Å². The van der Waals surface area contributed by atoms with Crippen LogP contribution in [0.1, 0.15) is 0 Å². The maximum absolute atomic E-state index is 14.8. The molecule has 0 aliphatic carbocycles. The van der Waals surface area contributed by atoms with Gasteiger partial charge in [0.15, 0.2) is 0 Å². The summed E-state index contributed by atoms with van der Waals surface area (Å²) in [5.74, 6) is -0.332. The van der Waals surface area contributed by atoms with E-state index >= 15 is 0 Å². The van der Waals surface area contributed by atoms with Crippen LogP contribution in [0.3, 0.4) is 0 Å². The molecule has 3 aromatic rings. The third-order valence-electron chi connectivity index (χ3n) is 3.30. The number of hydrogen-bond acceptors (Lipinski definition) is 1. The summed E-state index contributed by atoms with van der Waals surface area (Å²) in [6.07, 6.45) is 0. The Bertz CT molecular complexity index is 767. The van der Waals surface area contributed by atoms with Gasteiger partial charge in [-0.05, 0) is 35.4 Å². The zero-order valence-electron chi connectivity index (χ0n) is 11.1. The van der Waals surface area contributed by atoms with Gasteiger partial charge < -0.3 is 5.11 Å². The van der Waals surface area contributed by atoms with Crippen LogP contribution in [0, 0.1) is 5.82 Å². The molecule has 1 nitrogen and oxygen atoms in total. The molecule has 0 radical (unpaired) electrons. The number of benzene rings is 3. The van der Waals surface area contributed by atoms with Crippen LogP contribution >= 0.6 is 11.6 Å². The Kier molecular flexibility index (Phi) is 3.63. The Morgan fingerprint density at radius 1 is 0.762 bits per heavy atom. The number of rotatable bonds is 2. The van der Waals surface area contributed by atoms with Gasteiger partial charge in [-0.15, -0.1) is 0 Å². The van der Waals surface area contributed by atoms with Crippen LogP contribution in [0.2, 0.25) is 5.02 Å². The quantitative estimate of drug-likeness (QED) is 0.660. The molecule has 0 aliphatic heterocycles. The van der Waals surface area contributed by atoms with Crippen LogP contribution in [0.15, 0.2) is 66.7 Å². The van der Waals surface area contributed by atoms with Gasteiger partial charge in [-0.1, -0.05) is 54.1 Å². The van der Waals surface area contributed by atoms with Crippen molar-refractivity contribution in [3.05, 3.63) is 77.6 Å². The van der Waals surface area contributed by atoms with Gasteiger partial charge in [0, 0.05) is 16.1 Å². The van der Waals surface area contributed by atoms with E-state index in [1.54, 1.807) is 24.3 Å². The first-order valence-corrected chi connectivity index (χ1v) is 6.87. The fraction of sp³-hybridized carbons (Fsp3) is 0. The highest BCUT2D eigenvalue weighted by molar-refractivity contribution is 6.30. The molecule has 0 atom stereocenters. The zero-order chi connectivity index (χ0) is 14.8. The van der Waals surface area contributed by atoms with Crippen molar-refractivity contribution in [2.45, 2.75) is 0 Å². The van der Waals surface area contributed by atoms with Crippen molar-refractivity contribution in [2.75, 3.05) is 0 Å². The standard InChI is InChI=1S/C18H12ClFO/c19-14-8-6-13(7-9-14)17-11-15(21)10-16(18(17)20)12-4-2-1-3-5-12/h1-11,21H. The van der Waals surface area contributed by atoms with Gasteiger partial charge in [-0.2, -0.15) is 0 Å². The maximum Gasteiger partial charge on any atom is 0.139 e. The van der Waals surface area contributed by atoms with Crippen molar-refractivity contribution >= 4 is 11.6 Å². The summed E-state index contributed by atoms with van der Waals surface area (Å²) in [6, 6.07) is 18.9. The number of halogens is 2. The highest BCUT2D eigenvalue weighted by Crippen LogP contribution is 2.35. The number of phenols is 1. The lowest BCUT2D eigenvalue weighted by Crippen LogP contribution is -1.90. The van der Waals surface area contributed by atoms with Crippen LogP contribution < -0.4 is 0 Å². The predicted octanol–water partition coefficient (Wildman–Crippen LogP) is 5.52. The van der Waals surface area contributed by atoms with E-state index < -0.39 is 0 Å². The lowest BCUT2D eigenvalue weighted by Gasteiger charge is -2.10. The highest BCUT2D eigenvalue weighted by atomic mass is 35.5. The summed E-state index contributed by atoms with van der Waals surface area (Å²) < 4.78 is 14.8. The van der Waals surface area contributed by atoms with E-state index in [4.69, 9.17) is 11.6 Å². The monoisotopic (exact) mass is 298 g/mol. The Balaban J connectivity index is 2.19. The van der Waals surface area contributed by atoms with Crippen molar-refractivity contribution in [3.8, 4) is 28.0 Å². The molecule has 0 aliphatic rings. The van der Waals surface area contributed by atoms with Crippen molar-refractivity contribution in [3.63, 3.8) is 0 Å². The van der Waals surface area contributed by atoms with Crippen molar-refractivity contribution in [1.82, 2.24) is 0 Å². The van der Waals surface area contributed by atoms with Crippen LogP contribution in [-0.2, 0) is 0 Å². The van der Waals surface area contributed by atoms with E-state index in [2.05, 4.69) is 0 Å². The maximum atomic E-state index is 14.8. The second-order valence-electron chi connectivity index (χ2n) is 4.73. The lowest BCUT2D eigenvalue weighted by molar-refractivity contribution is 0.474. The van der Waals surface area contributed by atoms with E-state index in [1.807, 2.05) is 30.3 Å². The summed E-state index contributed by atoms with van der Waals surface area (Å²) in [6.45, 7) is 0. The summed E-state index contributed by atoms with van der Waals surface area (Å²) in [5.41, 5.74) is 2.12. The van der Waals surface area contributed by atoms with Crippen LogP contribution in [-0.4, -0.2) is 5.11 Å². The van der Waals surface area contributed by atoms with Gasteiger partial charge >= 0.3 is 0 Å². The van der Waals surface area contributed by atoms with E-state index in [0.717, 1.165) is 5.56 Å². The van der Waals surface area contributed by atoms with E-state index in [1.165, 1.54) is 12.1 Å². The molecule has 0 saturated heterocycles. The molecule has 0 amide bonds. The molecule has 104 valence electrons. The molecule has 3 rings (SSSR count).